The second-order valence-corrected chi connectivity index (χ2v) is 10.4. The normalized spacial score (nSPS) is 16.2. The highest BCUT2D eigenvalue weighted by Gasteiger charge is 2.35. The van der Waals surface area contributed by atoms with Gasteiger partial charge in [-0.25, -0.2) is 4.68 Å². The molecule has 1 atom stereocenters. The zero-order valence-electron chi connectivity index (χ0n) is 20.8. The average molecular weight is 451 g/mol. The van der Waals surface area contributed by atoms with Gasteiger partial charge in [-0.3, -0.25) is 9.69 Å². The number of H-pyrrole nitrogens is 1. The number of pyridine rings is 1. The van der Waals surface area contributed by atoms with Crippen LogP contribution in [-0.2, 0) is 18.5 Å². The molecule has 0 saturated heterocycles. The van der Waals surface area contributed by atoms with E-state index in [1.54, 1.807) is 0 Å². The van der Waals surface area contributed by atoms with Crippen LogP contribution >= 0.6 is 0 Å². The highest BCUT2D eigenvalue weighted by atomic mass is 16.1. The molecule has 1 N–H and O–H groups in total. The number of aryl methyl sites for hydroxylation is 1. The van der Waals surface area contributed by atoms with Gasteiger partial charge < -0.3 is 4.98 Å². The predicted molar refractivity (Wildman–Crippen MR) is 132 cm³/mol. The number of fused-ring (bicyclic) bond motifs is 1. The van der Waals surface area contributed by atoms with Gasteiger partial charge in [0, 0.05) is 23.7 Å². The molecule has 33 heavy (non-hydrogen) atoms. The standard InChI is InChI=1S/C26H38N6O/c1-6-10-23(24-28-29-30-32(24)26(3,4)5)31(21-11-8-9-12-21)17-20-16-19-15-18(7-2)13-14-22(19)27-25(20)33/h13-16,21,23H,6-12,17H2,1-5H3,(H,27,33)/t23-/m0/s1. The van der Waals surface area contributed by atoms with E-state index in [0.717, 1.165) is 54.4 Å². The van der Waals surface area contributed by atoms with Crippen molar-refractivity contribution < 1.29 is 0 Å². The molecule has 0 unspecified atom stereocenters. The summed E-state index contributed by atoms with van der Waals surface area (Å²) in [6.07, 6.45) is 7.74. The van der Waals surface area contributed by atoms with Crippen molar-refractivity contribution in [2.75, 3.05) is 0 Å². The first kappa shape index (κ1) is 23.6. The minimum absolute atomic E-state index is 0.000377. The fraction of sp³-hybridized carbons (Fsp3) is 0.615. The summed E-state index contributed by atoms with van der Waals surface area (Å²) >= 11 is 0. The van der Waals surface area contributed by atoms with Crippen molar-refractivity contribution in [1.82, 2.24) is 30.1 Å². The Morgan fingerprint density at radius 3 is 2.61 bits per heavy atom. The van der Waals surface area contributed by atoms with E-state index >= 15 is 0 Å². The molecular weight excluding hydrogens is 412 g/mol. The number of nitrogens with zero attached hydrogens (tertiary/aromatic N) is 5. The molecule has 7 nitrogen and oxygen atoms in total. The molecule has 1 aromatic carbocycles. The molecule has 0 radical (unpaired) electrons. The maximum atomic E-state index is 13.1. The molecule has 4 rings (SSSR count). The highest BCUT2D eigenvalue weighted by molar-refractivity contribution is 5.79. The summed E-state index contributed by atoms with van der Waals surface area (Å²) in [5.41, 5.74) is 2.79. The van der Waals surface area contributed by atoms with Gasteiger partial charge in [-0.15, -0.1) is 5.10 Å². The minimum Gasteiger partial charge on any atom is -0.322 e. The summed E-state index contributed by atoms with van der Waals surface area (Å²) < 4.78 is 1.97. The van der Waals surface area contributed by atoms with Crippen LogP contribution in [0.25, 0.3) is 10.9 Å². The Bertz CT molecular complexity index is 1140. The fourth-order valence-electron chi connectivity index (χ4n) is 5.16. The minimum atomic E-state index is -0.205. The van der Waals surface area contributed by atoms with E-state index in [1.165, 1.54) is 18.4 Å². The van der Waals surface area contributed by atoms with Crippen molar-refractivity contribution in [1.29, 1.82) is 0 Å². The maximum Gasteiger partial charge on any atom is 0.252 e. The summed E-state index contributed by atoms with van der Waals surface area (Å²) in [5.74, 6) is 0.904. The van der Waals surface area contributed by atoms with E-state index in [2.05, 4.69) is 78.2 Å². The van der Waals surface area contributed by atoms with Crippen LogP contribution < -0.4 is 5.56 Å². The van der Waals surface area contributed by atoms with Gasteiger partial charge in [0.2, 0.25) is 0 Å². The Morgan fingerprint density at radius 1 is 1.18 bits per heavy atom. The summed E-state index contributed by atoms with van der Waals surface area (Å²) in [6, 6.07) is 8.90. The molecule has 0 spiro atoms. The lowest BCUT2D eigenvalue weighted by Gasteiger charge is -2.36. The van der Waals surface area contributed by atoms with E-state index < -0.39 is 0 Å². The van der Waals surface area contributed by atoms with E-state index in [9.17, 15) is 4.79 Å². The molecule has 1 fully saturated rings. The first-order chi connectivity index (χ1) is 15.8. The molecule has 0 aliphatic heterocycles. The van der Waals surface area contributed by atoms with Crippen LogP contribution in [0.3, 0.4) is 0 Å². The van der Waals surface area contributed by atoms with Crippen molar-refractivity contribution in [3.05, 3.63) is 51.6 Å². The Labute approximate surface area is 196 Å². The lowest BCUT2D eigenvalue weighted by Crippen LogP contribution is -2.40. The largest absolute Gasteiger partial charge is 0.322 e. The smallest absolute Gasteiger partial charge is 0.252 e. The lowest BCUT2D eigenvalue weighted by molar-refractivity contribution is 0.104. The molecule has 1 aliphatic carbocycles. The topological polar surface area (TPSA) is 79.7 Å². The van der Waals surface area contributed by atoms with Crippen LogP contribution in [-0.4, -0.2) is 36.1 Å². The molecule has 1 saturated carbocycles. The van der Waals surface area contributed by atoms with Gasteiger partial charge in [0.15, 0.2) is 5.82 Å². The summed E-state index contributed by atoms with van der Waals surface area (Å²) in [6.45, 7) is 11.4. The number of hydrogen-bond acceptors (Lipinski definition) is 5. The molecule has 2 aromatic heterocycles. The Kier molecular flexibility index (Phi) is 6.98. The van der Waals surface area contributed by atoms with Crippen molar-refractivity contribution in [2.45, 2.75) is 104 Å². The quantitative estimate of drug-likeness (QED) is 0.515. The van der Waals surface area contributed by atoms with Crippen LogP contribution in [0.5, 0.6) is 0 Å². The summed E-state index contributed by atoms with van der Waals surface area (Å²) in [4.78, 5) is 18.7. The van der Waals surface area contributed by atoms with Crippen LogP contribution in [0.15, 0.2) is 29.1 Å². The molecule has 0 amide bonds. The fourth-order valence-corrected chi connectivity index (χ4v) is 5.16. The first-order valence-corrected chi connectivity index (χ1v) is 12.5. The van der Waals surface area contributed by atoms with E-state index in [4.69, 9.17) is 0 Å². The lowest BCUT2D eigenvalue weighted by atomic mass is 10.0. The first-order valence-electron chi connectivity index (χ1n) is 12.5. The van der Waals surface area contributed by atoms with Crippen LogP contribution in [0.1, 0.15) is 96.1 Å². The van der Waals surface area contributed by atoms with Gasteiger partial charge >= 0.3 is 0 Å². The number of rotatable bonds is 8. The van der Waals surface area contributed by atoms with Crippen molar-refractivity contribution in [3.8, 4) is 0 Å². The number of tetrazole rings is 1. The van der Waals surface area contributed by atoms with E-state index in [1.807, 2.05) is 10.7 Å². The third-order valence-electron chi connectivity index (χ3n) is 6.93. The van der Waals surface area contributed by atoms with Crippen LogP contribution in [0, 0.1) is 0 Å². The van der Waals surface area contributed by atoms with E-state index in [0.29, 0.717) is 12.6 Å². The molecular formula is C26H38N6O. The van der Waals surface area contributed by atoms with Gasteiger partial charge in [0.25, 0.3) is 5.56 Å². The average Bonchev–Trinajstić information content (AvgIpc) is 3.48. The zero-order chi connectivity index (χ0) is 23.6. The Balaban J connectivity index is 1.77. The summed E-state index contributed by atoms with van der Waals surface area (Å²) in [5, 5.41) is 14.0. The summed E-state index contributed by atoms with van der Waals surface area (Å²) in [7, 11) is 0. The molecule has 1 aliphatic rings. The van der Waals surface area contributed by atoms with Crippen LogP contribution in [0.2, 0.25) is 0 Å². The number of aromatic amines is 1. The molecule has 178 valence electrons. The zero-order valence-corrected chi connectivity index (χ0v) is 20.8. The molecule has 3 aromatic rings. The van der Waals surface area contributed by atoms with Gasteiger partial charge in [0.05, 0.1) is 11.6 Å². The molecule has 0 bridgehead atoms. The van der Waals surface area contributed by atoms with Crippen molar-refractivity contribution in [2.24, 2.45) is 0 Å². The van der Waals surface area contributed by atoms with Crippen molar-refractivity contribution in [3.63, 3.8) is 0 Å². The highest BCUT2D eigenvalue weighted by Crippen LogP contribution is 2.35. The van der Waals surface area contributed by atoms with Gasteiger partial charge in [-0.1, -0.05) is 39.2 Å². The number of aromatic nitrogens is 5. The second kappa shape index (κ2) is 9.75. The maximum absolute atomic E-state index is 13.1. The Hall–Kier alpha value is -2.54. The number of nitrogens with one attached hydrogen (secondary N) is 1. The number of benzene rings is 1. The second-order valence-electron chi connectivity index (χ2n) is 10.4. The SMILES string of the molecule is CCC[C@@H](c1nnnn1C(C)(C)C)N(Cc1cc2cc(CC)ccc2[nH]c1=O)C1CCCC1. The Morgan fingerprint density at radius 2 is 1.94 bits per heavy atom. The van der Waals surface area contributed by atoms with Crippen LogP contribution in [0.4, 0.5) is 0 Å². The predicted octanol–water partition coefficient (Wildman–Crippen LogP) is 5.12. The monoisotopic (exact) mass is 450 g/mol. The third-order valence-corrected chi connectivity index (χ3v) is 6.93. The van der Waals surface area contributed by atoms with E-state index in [-0.39, 0.29) is 17.1 Å². The third kappa shape index (κ3) is 5.03. The molecule has 2 heterocycles. The van der Waals surface area contributed by atoms with Gasteiger partial charge in [0.1, 0.15) is 0 Å². The number of hydrogen-bond donors (Lipinski definition) is 1. The van der Waals surface area contributed by atoms with Crippen molar-refractivity contribution >= 4 is 10.9 Å². The van der Waals surface area contributed by atoms with Gasteiger partial charge in [-0.2, -0.15) is 0 Å². The molecule has 7 heteroatoms. The van der Waals surface area contributed by atoms with Gasteiger partial charge in [-0.05, 0) is 86.0 Å².